The van der Waals surface area contributed by atoms with Gasteiger partial charge in [-0.3, -0.25) is 9.80 Å². The van der Waals surface area contributed by atoms with Crippen molar-refractivity contribution < 1.29 is 9.47 Å². The number of benzene rings is 6. The van der Waals surface area contributed by atoms with E-state index in [9.17, 15) is 0 Å². The van der Waals surface area contributed by atoms with E-state index in [0.29, 0.717) is 19.3 Å². The van der Waals surface area contributed by atoms with E-state index in [4.69, 9.17) is 9.47 Å². The molecule has 66 heavy (non-hydrogen) atoms. The lowest BCUT2D eigenvalue weighted by molar-refractivity contribution is 0.0908. The van der Waals surface area contributed by atoms with Crippen LogP contribution in [0.2, 0.25) is 0 Å². The van der Waals surface area contributed by atoms with Gasteiger partial charge in [0.2, 0.25) is 0 Å². The molecule has 5 heterocycles. The number of unbranched alkanes of at least 4 members (excludes halogenated alkanes) is 1. The van der Waals surface area contributed by atoms with Crippen LogP contribution in [-0.4, -0.2) is 107 Å². The van der Waals surface area contributed by atoms with E-state index in [-0.39, 0.29) is 0 Å². The van der Waals surface area contributed by atoms with Gasteiger partial charge in [0.1, 0.15) is 13.2 Å². The van der Waals surface area contributed by atoms with Crippen molar-refractivity contribution in [2.75, 3.05) is 66.1 Å². The van der Waals surface area contributed by atoms with Gasteiger partial charge in [-0.05, 0) is 118 Å². The summed E-state index contributed by atoms with van der Waals surface area (Å²) in [4.78, 5) is 22.0. The number of fused-ring (bicyclic) bond motifs is 12. The third kappa shape index (κ3) is 9.01. The lowest BCUT2D eigenvalue weighted by Crippen LogP contribution is -2.50. The van der Waals surface area contributed by atoms with E-state index in [2.05, 4.69) is 211 Å². The van der Waals surface area contributed by atoms with Gasteiger partial charge in [0.25, 0.3) is 0 Å². The zero-order chi connectivity index (χ0) is 45.6. The number of nitrogens with zero attached hydrogens (tertiary/aromatic N) is 3. The van der Waals surface area contributed by atoms with Crippen LogP contribution in [-0.2, 0) is 0 Å². The van der Waals surface area contributed by atoms with Crippen molar-refractivity contribution in [2.24, 2.45) is 0 Å². The molecule has 0 radical (unpaired) electrons. The molecule has 6 aromatic carbocycles. The van der Waals surface area contributed by atoms with Gasteiger partial charge < -0.3 is 34.3 Å². The summed E-state index contributed by atoms with van der Waals surface area (Å²) in [6.07, 6.45) is 3.63. The number of piperazine rings is 1. The highest BCUT2D eigenvalue weighted by Crippen LogP contribution is 2.44. The molecule has 0 bridgehead atoms. The van der Waals surface area contributed by atoms with Crippen molar-refractivity contribution in [1.82, 2.24) is 34.6 Å². The molecule has 1 aliphatic rings. The second-order valence-corrected chi connectivity index (χ2v) is 21.5. The first-order valence-electron chi connectivity index (χ1n) is 23.2. The standard InChI is InChI=1S/C28H30Br2N4O.C25H25Br2N3O/c1-3-17(2)34-10-8-33(9-11-34)12-13-35-28-26-22(20-14-18(29)4-6-24(20)31-26)16-23-21-15-19(30)5-7-25(21)32-27(23)28;1-3-4-9-30(2)10-11-31-25-23-19(17-12-15(26)5-7-21(17)28-23)14-20-18-13-16(27)6-8-22(18)29-24(20)25/h4-7,14-17,31-32H,3,8-13H2,1-2H3;5-8,12-14,28-29H,3-4,9-11H2,1-2H3. The van der Waals surface area contributed by atoms with Crippen molar-refractivity contribution in [2.45, 2.75) is 46.1 Å². The fourth-order valence-electron chi connectivity index (χ4n) is 9.69. The van der Waals surface area contributed by atoms with Crippen LogP contribution in [0.3, 0.4) is 0 Å². The van der Waals surface area contributed by atoms with Crippen molar-refractivity contribution in [3.63, 3.8) is 0 Å². The van der Waals surface area contributed by atoms with E-state index >= 15 is 0 Å². The maximum atomic E-state index is 6.61. The Labute approximate surface area is 418 Å². The SMILES string of the molecule is CCC(C)N1CCN(CCOc2c3[nH]c4ccc(Br)cc4c3cc3c2[nH]c2ccc(Br)cc23)CC1.CCCCN(C)CCOc1c2[nH]c3ccc(Br)cc3c2cc2c1[nH]c1ccc(Br)cc12. The van der Waals surface area contributed by atoms with E-state index in [0.717, 1.165) is 119 Å². The number of ether oxygens (including phenoxy) is 2. The molecule has 11 rings (SSSR count). The highest BCUT2D eigenvalue weighted by Gasteiger charge is 2.22. The minimum Gasteiger partial charge on any atom is -0.488 e. The Balaban J connectivity index is 0.000000156. The number of aromatic nitrogens is 4. The number of hydrogen-bond acceptors (Lipinski definition) is 5. The lowest BCUT2D eigenvalue weighted by Gasteiger charge is -2.37. The van der Waals surface area contributed by atoms with Gasteiger partial charge in [0.15, 0.2) is 11.5 Å². The predicted octanol–water partition coefficient (Wildman–Crippen LogP) is 14.9. The van der Waals surface area contributed by atoms with Crippen LogP contribution in [0.4, 0.5) is 0 Å². The van der Waals surface area contributed by atoms with Crippen LogP contribution in [0.5, 0.6) is 11.5 Å². The van der Waals surface area contributed by atoms with Crippen LogP contribution in [0.1, 0.15) is 40.0 Å². The minimum absolute atomic E-state index is 0.645. The fourth-order valence-corrected chi connectivity index (χ4v) is 11.1. The van der Waals surface area contributed by atoms with Gasteiger partial charge >= 0.3 is 0 Å². The monoisotopic (exact) mass is 1140 g/mol. The van der Waals surface area contributed by atoms with Gasteiger partial charge in [-0.2, -0.15) is 0 Å². The largest absolute Gasteiger partial charge is 0.488 e. The van der Waals surface area contributed by atoms with Crippen LogP contribution in [0.15, 0.2) is 103 Å². The molecule has 4 aromatic heterocycles. The van der Waals surface area contributed by atoms with E-state index in [1.54, 1.807) is 0 Å². The normalized spacial score (nSPS) is 14.6. The van der Waals surface area contributed by atoms with Gasteiger partial charge in [-0.25, -0.2) is 0 Å². The van der Waals surface area contributed by atoms with Gasteiger partial charge in [0, 0.05) is 128 Å². The van der Waals surface area contributed by atoms with Crippen molar-refractivity contribution >= 4 is 151 Å². The number of nitrogens with one attached hydrogen (secondary N) is 4. The quantitative estimate of drug-likeness (QED) is 0.0923. The van der Waals surface area contributed by atoms with E-state index < -0.39 is 0 Å². The summed E-state index contributed by atoms with van der Waals surface area (Å²) in [7, 11) is 2.16. The molecular weight excluding hydrogens is 1090 g/mol. The van der Waals surface area contributed by atoms with Gasteiger partial charge in [-0.15, -0.1) is 0 Å². The average molecular weight is 1140 g/mol. The molecule has 0 spiro atoms. The number of hydrogen-bond donors (Lipinski definition) is 4. The summed E-state index contributed by atoms with van der Waals surface area (Å²) in [5, 5.41) is 9.52. The van der Waals surface area contributed by atoms with Crippen LogP contribution in [0.25, 0.3) is 87.2 Å². The zero-order valence-corrected chi connectivity index (χ0v) is 44.2. The third-order valence-corrected chi connectivity index (χ3v) is 15.5. The molecular formula is C53H55Br4N7O2. The van der Waals surface area contributed by atoms with Gasteiger partial charge in [0.05, 0.1) is 22.1 Å². The first-order chi connectivity index (χ1) is 32.1. The molecule has 1 aliphatic heterocycles. The van der Waals surface area contributed by atoms with E-state index in [1.807, 2.05) is 0 Å². The summed E-state index contributed by atoms with van der Waals surface area (Å²) < 4.78 is 17.4. The number of aromatic amines is 4. The Kier molecular flexibility index (Phi) is 13.5. The van der Waals surface area contributed by atoms with Gasteiger partial charge in [-0.1, -0.05) is 84.0 Å². The number of rotatable bonds is 13. The molecule has 0 amide bonds. The van der Waals surface area contributed by atoms with E-state index in [1.165, 1.54) is 62.4 Å². The Hall–Kier alpha value is -4.08. The molecule has 1 saturated heterocycles. The Bertz CT molecular complexity index is 3190. The van der Waals surface area contributed by atoms with Crippen molar-refractivity contribution in [1.29, 1.82) is 0 Å². The maximum Gasteiger partial charge on any atom is 0.167 e. The summed E-state index contributed by atoms with van der Waals surface area (Å²) in [5.74, 6) is 1.81. The first-order valence-corrected chi connectivity index (χ1v) is 26.3. The molecule has 342 valence electrons. The molecule has 10 aromatic rings. The summed E-state index contributed by atoms with van der Waals surface area (Å²) in [6.45, 7) is 15.6. The second-order valence-electron chi connectivity index (χ2n) is 17.8. The molecule has 0 aliphatic carbocycles. The van der Waals surface area contributed by atoms with Crippen molar-refractivity contribution in [3.8, 4) is 11.5 Å². The summed E-state index contributed by atoms with van der Waals surface area (Å²) in [6, 6.07) is 30.7. The first kappa shape index (κ1) is 45.7. The third-order valence-electron chi connectivity index (χ3n) is 13.6. The predicted molar refractivity (Wildman–Crippen MR) is 292 cm³/mol. The smallest absolute Gasteiger partial charge is 0.167 e. The minimum atomic E-state index is 0.645. The molecule has 1 unspecified atom stereocenters. The molecule has 1 atom stereocenters. The van der Waals surface area contributed by atoms with Crippen molar-refractivity contribution in [3.05, 3.63) is 103 Å². The highest BCUT2D eigenvalue weighted by atomic mass is 79.9. The Morgan fingerprint density at radius 3 is 1.30 bits per heavy atom. The number of halogens is 4. The zero-order valence-electron chi connectivity index (χ0n) is 37.8. The second kappa shape index (κ2) is 19.5. The average Bonchev–Trinajstić information content (AvgIpc) is 4.08. The fraction of sp³-hybridized carbons (Fsp3) is 0.321. The molecule has 4 N–H and O–H groups in total. The number of likely N-dealkylation sites (N-methyl/N-ethyl adjacent to an activating group) is 1. The maximum absolute atomic E-state index is 6.61. The summed E-state index contributed by atoms with van der Waals surface area (Å²) >= 11 is 14.6. The van der Waals surface area contributed by atoms with Crippen LogP contribution < -0.4 is 9.47 Å². The Morgan fingerprint density at radius 2 is 0.924 bits per heavy atom. The molecule has 13 heteroatoms. The Morgan fingerprint density at radius 1 is 0.530 bits per heavy atom. The van der Waals surface area contributed by atoms with Crippen LogP contribution >= 0.6 is 63.7 Å². The molecule has 1 fully saturated rings. The number of H-pyrrole nitrogens is 4. The summed E-state index contributed by atoms with van der Waals surface area (Å²) in [5.41, 5.74) is 8.66. The molecule has 9 nitrogen and oxygen atoms in total. The topological polar surface area (TPSA) is 91.3 Å². The molecule has 0 saturated carbocycles. The lowest BCUT2D eigenvalue weighted by atomic mass is 10.1. The van der Waals surface area contributed by atoms with Crippen LogP contribution in [0, 0.1) is 0 Å². The highest BCUT2D eigenvalue weighted by molar-refractivity contribution is 9.11.